The lowest BCUT2D eigenvalue weighted by atomic mass is 10.2. The number of aromatic hydroxyl groups is 1. The molecule has 0 bridgehead atoms. The Morgan fingerprint density at radius 1 is 1.69 bits per heavy atom. The van der Waals surface area contributed by atoms with E-state index in [1.54, 1.807) is 6.07 Å². The van der Waals surface area contributed by atoms with Crippen LogP contribution in [0.1, 0.15) is 5.56 Å². The highest BCUT2D eigenvalue weighted by atomic mass is 79.9. The Kier molecular flexibility index (Phi) is 4.51. The summed E-state index contributed by atoms with van der Waals surface area (Å²) in [6.45, 7) is 0. The van der Waals surface area contributed by atoms with Crippen molar-refractivity contribution in [1.82, 2.24) is 5.43 Å². The van der Waals surface area contributed by atoms with Gasteiger partial charge in [0.05, 0.1) is 13.3 Å². The van der Waals surface area contributed by atoms with E-state index in [4.69, 9.17) is 10.5 Å². The fourth-order valence-electron chi connectivity index (χ4n) is 0.988. The van der Waals surface area contributed by atoms with Gasteiger partial charge in [0.1, 0.15) is 0 Å². The van der Waals surface area contributed by atoms with E-state index in [2.05, 4.69) is 38.7 Å². The molecule has 0 amide bonds. The highest BCUT2D eigenvalue weighted by molar-refractivity contribution is 9.10. The summed E-state index contributed by atoms with van der Waals surface area (Å²) in [4.78, 5) is 0. The number of phenols is 1. The average molecular weight is 304 g/mol. The van der Waals surface area contributed by atoms with Crippen LogP contribution in [-0.2, 0) is 0 Å². The zero-order valence-corrected chi connectivity index (χ0v) is 10.8. The molecule has 5 nitrogen and oxygen atoms in total. The number of phenolic OH excluding ortho intramolecular Hbond substituents is 1. The summed E-state index contributed by atoms with van der Waals surface area (Å²) >= 11 is 7.90. The van der Waals surface area contributed by atoms with Gasteiger partial charge in [-0.15, -0.1) is 0 Å². The third kappa shape index (κ3) is 3.35. The van der Waals surface area contributed by atoms with Crippen LogP contribution >= 0.6 is 28.1 Å². The third-order valence-electron chi connectivity index (χ3n) is 1.68. The van der Waals surface area contributed by atoms with Gasteiger partial charge in [0, 0.05) is 10.0 Å². The second kappa shape index (κ2) is 5.66. The first-order chi connectivity index (χ1) is 7.54. The van der Waals surface area contributed by atoms with Crippen LogP contribution in [0.3, 0.4) is 0 Å². The second-order valence-corrected chi connectivity index (χ2v) is 4.07. The van der Waals surface area contributed by atoms with Gasteiger partial charge in [-0.1, -0.05) is 0 Å². The topological polar surface area (TPSA) is 79.9 Å². The number of nitrogens with zero attached hydrogens (tertiary/aromatic N) is 1. The van der Waals surface area contributed by atoms with E-state index in [1.165, 1.54) is 19.4 Å². The molecular formula is C9H10BrN3O2S. The molecule has 86 valence electrons. The normalized spacial score (nSPS) is 10.4. The molecule has 7 heteroatoms. The molecule has 4 N–H and O–H groups in total. The van der Waals surface area contributed by atoms with Gasteiger partial charge >= 0.3 is 0 Å². The summed E-state index contributed by atoms with van der Waals surface area (Å²) in [5.41, 5.74) is 8.28. The van der Waals surface area contributed by atoms with E-state index in [1.807, 2.05) is 0 Å². The Hall–Kier alpha value is -1.34. The van der Waals surface area contributed by atoms with E-state index >= 15 is 0 Å². The van der Waals surface area contributed by atoms with Crippen molar-refractivity contribution in [2.75, 3.05) is 7.11 Å². The predicted octanol–water partition coefficient (Wildman–Crippen LogP) is 1.33. The highest BCUT2D eigenvalue weighted by Gasteiger charge is 2.06. The smallest absolute Gasteiger partial charge is 0.184 e. The van der Waals surface area contributed by atoms with E-state index in [0.717, 1.165) is 4.47 Å². The summed E-state index contributed by atoms with van der Waals surface area (Å²) in [6.07, 6.45) is 1.47. The fourth-order valence-corrected chi connectivity index (χ4v) is 1.47. The van der Waals surface area contributed by atoms with Crippen LogP contribution in [0, 0.1) is 0 Å². The van der Waals surface area contributed by atoms with E-state index in [9.17, 15) is 5.11 Å². The van der Waals surface area contributed by atoms with Gasteiger partial charge in [-0.3, -0.25) is 5.43 Å². The van der Waals surface area contributed by atoms with E-state index < -0.39 is 0 Å². The third-order valence-corrected chi connectivity index (χ3v) is 2.45. The van der Waals surface area contributed by atoms with E-state index in [-0.39, 0.29) is 10.9 Å². The first-order valence-electron chi connectivity index (χ1n) is 4.19. The van der Waals surface area contributed by atoms with Crippen LogP contribution in [0.4, 0.5) is 0 Å². The van der Waals surface area contributed by atoms with Gasteiger partial charge < -0.3 is 15.6 Å². The van der Waals surface area contributed by atoms with Crippen LogP contribution in [0.2, 0.25) is 0 Å². The lowest BCUT2D eigenvalue weighted by molar-refractivity contribution is 0.373. The summed E-state index contributed by atoms with van der Waals surface area (Å²) in [5.74, 6) is 0.411. The number of nitrogens with one attached hydrogen (secondary N) is 1. The minimum atomic E-state index is 0.0301. The number of nitrogens with two attached hydrogens (primary N) is 1. The van der Waals surface area contributed by atoms with Gasteiger partial charge in [-0.2, -0.15) is 5.10 Å². The number of rotatable bonds is 3. The molecule has 0 saturated heterocycles. The maximum Gasteiger partial charge on any atom is 0.184 e. The lowest BCUT2D eigenvalue weighted by Crippen LogP contribution is -2.24. The van der Waals surface area contributed by atoms with Gasteiger partial charge in [0.25, 0.3) is 0 Å². The molecule has 0 aliphatic carbocycles. The summed E-state index contributed by atoms with van der Waals surface area (Å²) < 4.78 is 5.67. The molecule has 0 spiro atoms. The minimum absolute atomic E-state index is 0.0301. The molecule has 0 atom stereocenters. The Morgan fingerprint density at radius 2 is 2.38 bits per heavy atom. The zero-order valence-electron chi connectivity index (χ0n) is 8.40. The first-order valence-corrected chi connectivity index (χ1v) is 5.39. The van der Waals surface area contributed by atoms with Crippen LogP contribution < -0.4 is 15.9 Å². The van der Waals surface area contributed by atoms with Crippen molar-refractivity contribution in [1.29, 1.82) is 0 Å². The van der Waals surface area contributed by atoms with Crippen LogP contribution in [0.25, 0.3) is 0 Å². The van der Waals surface area contributed by atoms with Gasteiger partial charge in [0.15, 0.2) is 16.6 Å². The molecular weight excluding hydrogens is 294 g/mol. The van der Waals surface area contributed by atoms with Crippen molar-refractivity contribution in [3.05, 3.63) is 22.2 Å². The van der Waals surface area contributed by atoms with E-state index in [0.29, 0.717) is 11.3 Å². The van der Waals surface area contributed by atoms with Crippen molar-refractivity contribution in [2.24, 2.45) is 10.8 Å². The average Bonchev–Trinajstić information content (AvgIpc) is 2.22. The number of halogens is 1. The van der Waals surface area contributed by atoms with Crippen molar-refractivity contribution in [2.45, 2.75) is 0 Å². The van der Waals surface area contributed by atoms with Crippen molar-refractivity contribution < 1.29 is 9.84 Å². The summed E-state index contributed by atoms with van der Waals surface area (Å²) in [5, 5.41) is 13.4. The standard InChI is InChI=1S/C9H10BrN3O2S/c1-15-8-3-6(10)5(2-7(8)14)4-12-13-9(11)16/h2-4,14H,1H3,(H3,11,13,16). The Labute approximate surface area is 106 Å². The van der Waals surface area contributed by atoms with Gasteiger partial charge in [0.2, 0.25) is 0 Å². The SMILES string of the molecule is COc1cc(Br)c(C=NNC(N)=S)cc1O. The number of ether oxygens (including phenoxy) is 1. The summed E-state index contributed by atoms with van der Waals surface area (Å²) in [7, 11) is 1.48. The first kappa shape index (κ1) is 12.7. The van der Waals surface area contributed by atoms with Crippen LogP contribution in [0.5, 0.6) is 11.5 Å². The lowest BCUT2D eigenvalue weighted by Gasteiger charge is -2.05. The monoisotopic (exact) mass is 303 g/mol. The molecule has 1 rings (SSSR count). The highest BCUT2D eigenvalue weighted by Crippen LogP contribution is 2.31. The molecule has 0 fully saturated rings. The fraction of sp³-hybridized carbons (Fsp3) is 0.111. The molecule has 0 heterocycles. The molecule has 0 saturated carbocycles. The quantitative estimate of drug-likeness (QED) is 0.446. The minimum Gasteiger partial charge on any atom is -0.504 e. The largest absolute Gasteiger partial charge is 0.504 e. The van der Waals surface area contributed by atoms with Gasteiger partial charge in [-0.05, 0) is 40.3 Å². The number of hydrogen-bond donors (Lipinski definition) is 3. The maximum atomic E-state index is 9.55. The Morgan fingerprint density at radius 3 is 2.94 bits per heavy atom. The van der Waals surface area contributed by atoms with Crippen LogP contribution in [0.15, 0.2) is 21.7 Å². The van der Waals surface area contributed by atoms with Crippen LogP contribution in [-0.4, -0.2) is 23.5 Å². The number of benzene rings is 1. The van der Waals surface area contributed by atoms with Crippen molar-refractivity contribution in [3.8, 4) is 11.5 Å². The predicted molar refractivity (Wildman–Crippen MR) is 69.9 cm³/mol. The molecule has 0 radical (unpaired) electrons. The Bertz CT molecular complexity index is 437. The van der Waals surface area contributed by atoms with Gasteiger partial charge in [-0.25, -0.2) is 0 Å². The molecule has 0 aliphatic heterocycles. The molecule has 1 aromatic carbocycles. The second-order valence-electron chi connectivity index (χ2n) is 2.78. The molecule has 1 aromatic rings. The van der Waals surface area contributed by atoms with Crippen molar-refractivity contribution >= 4 is 39.5 Å². The summed E-state index contributed by atoms with van der Waals surface area (Å²) in [6, 6.07) is 3.14. The molecule has 0 unspecified atom stereocenters. The molecule has 0 aromatic heterocycles. The Balaban J connectivity index is 2.93. The number of hydrazone groups is 1. The van der Waals surface area contributed by atoms with Crippen molar-refractivity contribution in [3.63, 3.8) is 0 Å². The number of hydrogen-bond acceptors (Lipinski definition) is 4. The molecule has 0 aliphatic rings. The molecule has 16 heavy (non-hydrogen) atoms. The number of thiocarbonyl (C=S) groups is 1. The zero-order chi connectivity index (χ0) is 12.1. The maximum absolute atomic E-state index is 9.55. The number of methoxy groups -OCH3 is 1.